The monoisotopic (exact) mass is 1070 g/mol. The zero-order chi connectivity index (χ0) is 59.8. The number of rotatable bonds is 7. The summed E-state index contributed by atoms with van der Waals surface area (Å²) in [7, 11) is 0. The van der Waals surface area contributed by atoms with Gasteiger partial charge in [-0.25, -0.2) is 4.98 Å². The minimum Gasteiger partial charge on any atom is -0.458 e. The molecule has 8 aromatic carbocycles. The number of nitrogens with zero attached hydrogens (tertiary/aromatic N) is 5. The number of hydrogen-bond donors (Lipinski definition) is 0. The first kappa shape index (κ1) is 49.8. The molecule has 6 nitrogen and oxygen atoms in total. The molecule has 12 aromatic rings. The molecular formula is C75H77N5O. The maximum Gasteiger partial charge on any atom is 0.244 e. The molecule has 0 N–H and O–H groups in total. The quantitative estimate of drug-likeness (QED) is 0.118. The van der Waals surface area contributed by atoms with Gasteiger partial charge in [-0.15, -0.1) is 0 Å². The van der Waals surface area contributed by atoms with Crippen LogP contribution in [0.4, 0.5) is 0 Å². The Balaban J connectivity index is 1.09. The summed E-state index contributed by atoms with van der Waals surface area (Å²) in [5, 5.41) is 4.37. The van der Waals surface area contributed by atoms with E-state index in [-0.39, 0.29) is 27.1 Å². The minimum absolute atomic E-state index is 0.0631. The van der Waals surface area contributed by atoms with E-state index in [1.807, 2.05) is 53.2 Å². The topological polar surface area (TPSA) is 40.8 Å². The average molecular weight is 1070 g/mol. The van der Waals surface area contributed by atoms with Crippen LogP contribution in [0.2, 0.25) is 0 Å². The van der Waals surface area contributed by atoms with Gasteiger partial charge >= 0.3 is 0 Å². The van der Waals surface area contributed by atoms with Crippen LogP contribution in [0.3, 0.4) is 0 Å². The highest BCUT2D eigenvalue weighted by atomic mass is 16.5. The summed E-state index contributed by atoms with van der Waals surface area (Å²) >= 11 is 0. The number of imidazole rings is 1. The molecule has 0 atom stereocenters. The van der Waals surface area contributed by atoms with Crippen LogP contribution in [0.5, 0.6) is 11.5 Å². The van der Waals surface area contributed by atoms with E-state index >= 15 is 0 Å². The standard InChI is InChI=1S/C75H77N5O/c1-71(2,3)49-35-36-76-67(43-49)79-63-30-18-17-25-59(63)60-34-33-56(45-66(60)79)81-55-24-19-23-54(44-55)78-46-77(16)70-64(78)31-22-32-65(70)80-68-57(47-37-50(72(4,5)6)41-51(38-47)73(7,8)9)26-20-28-61(68)62-29-21-27-58(69(62)80)48-39-52(74(10,11)12)42-53(40-48)75(13,14)15/h17-45H,1-16H3/i16D3. The van der Waals surface area contributed by atoms with E-state index in [1.54, 1.807) is 0 Å². The molecule has 0 bridgehead atoms. The van der Waals surface area contributed by atoms with Crippen LogP contribution in [0.25, 0.3) is 94.1 Å². The van der Waals surface area contributed by atoms with Gasteiger partial charge < -0.3 is 18.4 Å². The second-order valence-electron chi connectivity index (χ2n) is 27.5. The highest BCUT2D eigenvalue weighted by Gasteiger charge is 2.28. The highest BCUT2D eigenvalue weighted by molar-refractivity contribution is 6.18. The number of para-hydroxylation sites is 4. The Morgan fingerprint density at radius 3 is 1.51 bits per heavy atom. The Morgan fingerprint density at radius 2 is 0.938 bits per heavy atom. The van der Waals surface area contributed by atoms with Crippen molar-refractivity contribution in [2.24, 2.45) is 6.98 Å². The van der Waals surface area contributed by atoms with Gasteiger partial charge in [-0.05, 0) is 115 Å². The first-order valence-corrected chi connectivity index (χ1v) is 28.6. The maximum atomic E-state index is 9.29. The fourth-order valence-corrected chi connectivity index (χ4v) is 11.7. The highest BCUT2D eigenvalue weighted by Crippen LogP contribution is 2.46. The Bertz CT molecular complexity index is 4390. The van der Waals surface area contributed by atoms with E-state index in [0.29, 0.717) is 28.2 Å². The van der Waals surface area contributed by atoms with Gasteiger partial charge in [0.1, 0.15) is 17.3 Å². The molecule has 0 unspecified atom stereocenters. The van der Waals surface area contributed by atoms with E-state index < -0.39 is 6.98 Å². The third kappa shape index (κ3) is 9.50. The summed E-state index contributed by atoms with van der Waals surface area (Å²) in [5.74, 6) is 2.08. The SMILES string of the molecule is [2H]C([2H])([2H])[n+]1[c-]n(-c2cccc(Oc3ccc4c5ccccc5n(-c5cc(C(C)(C)C)ccn5)c4c3)c2)c2cccc(-n3c4c(-c5cc(C(C)(C)C)cc(C(C)(C)C)c5)cccc4c4cccc(-c5cc(C(C)(C)C)cc(C(C)(C)C)c5)c43)c21. The zero-order valence-electron chi connectivity index (χ0n) is 52.9. The third-order valence-corrected chi connectivity index (χ3v) is 16.5. The fraction of sp³-hybridized carbons (Fsp3) is 0.280. The van der Waals surface area contributed by atoms with Crippen molar-refractivity contribution >= 4 is 54.6 Å². The van der Waals surface area contributed by atoms with Crippen LogP contribution < -0.4 is 9.30 Å². The predicted molar refractivity (Wildman–Crippen MR) is 341 cm³/mol. The molecule has 0 saturated heterocycles. The molecule has 0 fully saturated rings. The second kappa shape index (κ2) is 18.9. The number of pyridine rings is 1. The van der Waals surface area contributed by atoms with Crippen LogP contribution in [-0.4, -0.2) is 18.7 Å². The Morgan fingerprint density at radius 1 is 0.432 bits per heavy atom. The van der Waals surface area contributed by atoms with Gasteiger partial charge in [0.2, 0.25) is 6.33 Å². The van der Waals surface area contributed by atoms with Gasteiger partial charge in [-0.3, -0.25) is 4.57 Å². The van der Waals surface area contributed by atoms with Gasteiger partial charge in [-0.1, -0.05) is 219 Å². The molecule has 81 heavy (non-hydrogen) atoms. The molecule has 0 aliphatic rings. The minimum atomic E-state index is -2.63. The largest absolute Gasteiger partial charge is 0.458 e. The molecule has 0 aliphatic heterocycles. The molecule has 6 heteroatoms. The molecule has 4 heterocycles. The Kier molecular flexibility index (Phi) is 11.6. The van der Waals surface area contributed by atoms with Gasteiger partial charge in [0.25, 0.3) is 0 Å². The number of aryl methyl sites for hydroxylation is 1. The molecule has 0 saturated carbocycles. The number of fused-ring (bicyclic) bond motifs is 7. The van der Waals surface area contributed by atoms with Gasteiger partial charge in [0, 0.05) is 50.6 Å². The van der Waals surface area contributed by atoms with Gasteiger partial charge in [-0.2, -0.15) is 0 Å². The Hall–Kier alpha value is -8.22. The number of benzene rings is 8. The van der Waals surface area contributed by atoms with Crippen LogP contribution >= 0.6 is 0 Å². The fourth-order valence-electron chi connectivity index (χ4n) is 11.7. The molecule has 0 spiro atoms. The van der Waals surface area contributed by atoms with E-state index in [1.165, 1.54) is 32.4 Å². The summed E-state index contributed by atoms with van der Waals surface area (Å²) < 4.78 is 42.5. The summed E-state index contributed by atoms with van der Waals surface area (Å²) in [6.45, 7) is 31.4. The van der Waals surface area contributed by atoms with Crippen LogP contribution in [0.15, 0.2) is 176 Å². The van der Waals surface area contributed by atoms with Crippen LogP contribution in [0.1, 0.15) is 136 Å². The van der Waals surface area contributed by atoms with Crippen molar-refractivity contribution in [2.45, 2.75) is 131 Å². The van der Waals surface area contributed by atoms with Crippen molar-refractivity contribution < 1.29 is 13.4 Å². The van der Waals surface area contributed by atoms with Crippen molar-refractivity contribution in [2.75, 3.05) is 0 Å². The van der Waals surface area contributed by atoms with Gasteiger partial charge in [0.05, 0.1) is 49.9 Å². The van der Waals surface area contributed by atoms with E-state index in [2.05, 4.69) is 247 Å². The van der Waals surface area contributed by atoms with Crippen molar-refractivity contribution in [1.29, 1.82) is 0 Å². The van der Waals surface area contributed by atoms with E-state index in [0.717, 1.165) is 77.4 Å². The predicted octanol–water partition coefficient (Wildman–Crippen LogP) is 19.5. The van der Waals surface area contributed by atoms with E-state index in [9.17, 15) is 4.11 Å². The average Bonchev–Trinajstić information content (AvgIpc) is 3.65. The van der Waals surface area contributed by atoms with Crippen LogP contribution in [-0.2, 0) is 34.1 Å². The molecule has 0 amide bonds. The van der Waals surface area contributed by atoms with Crippen molar-refractivity contribution in [3.8, 4) is 50.9 Å². The molecule has 4 aromatic heterocycles. The summed E-state index contributed by atoms with van der Waals surface area (Å²) in [6, 6.07) is 60.3. The number of ether oxygens (including phenoxy) is 1. The lowest BCUT2D eigenvalue weighted by Crippen LogP contribution is -2.27. The lowest BCUT2D eigenvalue weighted by atomic mass is 9.78. The normalized spacial score (nSPS) is 13.6. The molecular weight excluding hydrogens is 987 g/mol. The molecule has 12 rings (SSSR count). The zero-order valence-corrected chi connectivity index (χ0v) is 49.9. The summed E-state index contributed by atoms with van der Waals surface area (Å²) in [4.78, 5) is 4.90. The summed E-state index contributed by atoms with van der Waals surface area (Å²) in [6.07, 6.45) is 5.29. The van der Waals surface area contributed by atoms with Crippen molar-refractivity contribution in [3.05, 3.63) is 210 Å². The molecule has 408 valence electrons. The molecule has 0 radical (unpaired) electrons. The first-order valence-electron chi connectivity index (χ1n) is 30.1. The molecule has 0 aliphatic carbocycles. The van der Waals surface area contributed by atoms with E-state index in [4.69, 9.17) is 9.72 Å². The van der Waals surface area contributed by atoms with Crippen molar-refractivity contribution in [3.63, 3.8) is 0 Å². The lowest BCUT2D eigenvalue weighted by molar-refractivity contribution is -0.649. The first-order chi connectivity index (χ1) is 39.4. The van der Waals surface area contributed by atoms with Crippen LogP contribution in [0, 0.1) is 6.33 Å². The maximum absolute atomic E-state index is 9.29. The third-order valence-electron chi connectivity index (χ3n) is 16.5. The number of hydrogen-bond acceptors (Lipinski definition) is 2. The summed E-state index contributed by atoms with van der Waals surface area (Å²) in [5.41, 5.74) is 16.6. The van der Waals surface area contributed by atoms with Crippen molar-refractivity contribution in [1.82, 2.24) is 18.7 Å². The lowest BCUT2D eigenvalue weighted by Gasteiger charge is -2.27. The number of aromatic nitrogens is 5. The Labute approximate surface area is 483 Å². The van der Waals surface area contributed by atoms with Gasteiger partial charge in [0.15, 0.2) is 0 Å². The smallest absolute Gasteiger partial charge is 0.244 e. The second-order valence-corrected chi connectivity index (χ2v) is 27.5.